The van der Waals surface area contributed by atoms with E-state index in [0.29, 0.717) is 28.3 Å². The summed E-state index contributed by atoms with van der Waals surface area (Å²) < 4.78 is 15.7. The van der Waals surface area contributed by atoms with Crippen LogP contribution < -0.4 is 19.5 Å². The second-order valence-corrected chi connectivity index (χ2v) is 6.86. The number of aromatic nitrogens is 3. The maximum absolute atomic E-state index is 12.9. The predicted octanol–water partition coefficient (Wildman–Crippen LogP) is 4.01. The lowest BCUT2D eigenvalue weighted by atomic mass is 10.1. The summed E-state index contributed by atoms with van der Waals surface area (Å²) in [5, 5.41) is 12.0. The van der Waals surface area contributed by atoms with Crippen molar-refractivity contribution in [3.63, 3.8) is 0 Å². The van der Waals surface area contributed by atoms with E-state index in [1.807, 2.05) is 43.3 Å². The number of carbonyl (C=O) groups is 1. The minimum Gasteiger partial charge on any atom is -0.497 e. The highest BCUT2D eigenvalue weighted by Gasteiger charge is 2.16. The van der Waals surface area contributed by atoms with Crippen molar-refractivity contribution in [2.45, 2.75) is 6.92 Å². The Morgan fingerprint density at radius 1 is 0.839 bits per heavy atom. The number of methoxy groups -OCH3 is 3. The highest BCUT2D eigenvalue weighted by atomic mass is 16.5. The van der Waals surface area contributed by atoms with Gasteiger partial charge in [0.1, 0.15) is 28.3 Å². The molecule has 3 aromatic carbocycles. The van der Waals surface area contributed by atoms with Crippen molar-refractivity contribution in [2.75, 3.05) is 26.6 Å². The zero-order valence-electron chi connectivity index (χ0n) is 17.7. The molecule has 0 fully saturated rings. The zero-order chi connectivity index (χ0) is 22.0. The van der Waals surface area contributed by atoms with E-state index in [2.05, 4.69) is 15.5 Å². The third-order valence-electron chi connectivity index (χ3n) is 4.93. The van der Waals surface area contributed by atoms with Crippen molar-refractivity contribution in [2.24, 2.45) is 0 Å². The predicted molar refractivity (Wildman–Crippen MR) is 118 cm³/mol. The van der Waals surface area contributed by atoms with E-state index in [-0.39, 0.29) is 5.91 Å². The number of benzene rings is 3. The molecule has 0 saturated carbocycles. The van der Waals surface area contributed by atoms with Gasteiger partial charge in [0.25, 0.3) is 5.91 Å². The van der Waals surface area contributed by atoms with Gasteiger partial charge in [-0.3, -0.25) is 4.79 Å². The van der Waals surface area contributed by atoms with Crippen LogP contribution in [0.1, 0.15) is 15.9 Å². The Hall–Kier alpha value is -4.07. The van der Waals surface area contributed by atoms with Crippen LogP contribution in [0.2, 0.25) is 0 Å². The Bertz CT molecular complexity index is 1250. The second kappa shape index (κ2) is 8.35. The number of hydrogen-bond donors (Lipinski definition) is 1. The monoisotopic (exact) mass is 418 g/mol. The molecule has 1 heterocycles. The molecule has 0 saturated heterocycles. The summed E-state index contributed by atoms with van der Waals surface area (Å²) in [5.41, 5.74) is 4.13. The van der Waals surface area contributed by atoms with Crippen molar-refractivity contribution in [3.05, 3.63) is 65.7 Å². The van der Waals surface area contributed by atoms with Gasteiger partial charge >= 0.3 is 0 Å². The van der Waals surface area contributed by atoms with Crippen LogP contribution in [0.5, 0.6) is 17.2 Å². The summed E-state index contributed by atoms with van der Waals surface area (Å²) >= 11 is 0. The molecule has 8 nitrogen and oxygen atoms in total. The highest BCUT2D eigenvalue weighted by molar-refractivity contribution is 6.07. The molecule has 0 atom stereocenters. The molecule has 4 rings (SSSR count). The average Bonchev–Trinajstić information content (AvgIpc) is 3.21. The second-order valence-electron chi connectivity index (χ2n) is 6.86. The van der Waals surface area contributed by atoms with Crippen LogP contribution in [0.25, 0.3) is 16.7 Å². The first-order valence-corrected chi connectivity index (χ1v) is 9.58. The maximum Gasteiger partial charge on any atom is 0.259 e. The van der Waals surface area contributed by atoms with Gasteiger partial charge in [-0.05, 0) is 61.0 Å². The first-order valence-electron chi connectivity index (χ1n) is 9.58. The summed E-state index contributed by atoms with van der Waals surface area (Å²) in [6.07, 6.45) is 0. The molecule has 0 aliphatic rings. The number of hydrogen-bond acceptors (Lipinski definition) is 6. The summed E-state index contributed by atoms with van der Waals surface area (Å²) in [4.78, 5) is 14.4. The number of ether oxygens (including phenoxy) is 3. The lowest BCUT2D eigenvalue weighted by Gasteiger charge is -2.12. The summed E-state index contributed by atoms with van der Waals surface area (Å²) in [6, 6.07) is 16.2. The fourth-order valence-electron chi connectivity index (χ4n) is 3.21. The fraction of sp³-hybridized carbons (Fsp3) is 0.174. The molecule has 8 heteroatoms. The van der Waals surface area contributed by atoms with Gasteiger partial charge in [-0.15, -0.1) is 10.2 Å². The number of amides is 1. The third kappa shape index (κ3) is 4.00. The third-order valence-corrected chi connectivity index (χ3v) is 4.93. The normalized spacial score (nSPS) is 10.7. The van der Waals surface area contributed by atoms with Crippen LogP contribution in [0.4, 0.5) is 5.69 Å². The van der Waals surface area contributed by atoms with Gasteiger partial charge in [-0.1, -0.05) is 0 Å². The van der Waals surface area contributed by atoms with Gasteiger partial charge < -0.3 is 19.5 Å². The van der Waals surface area contributed by atoms with Gasteiger partial charge in [0.15, 0.2) is 0 Å². The van der Waals surface area contributed by atoms with Gasteiger partial charge in [0.05, 0.1) is 32.6 Å². The van der Waals surface area contributed by atoms with Crippen LogP contribution in [0.3, 0.4) is 0 Å². The number of aryl methyl sites for hydroxylation is 1. The molecule has 31 heavy (non-hydrogen) atoms. The van der Waals surface area contributed by atoms with Gasteiger partial charge in [-0.2, -0.15) is 4.80 Å². The Balaban J connectivity index is 1.64. The topological polar surface area (TPSA) is 87.5 Å². The maximum atomic E-state index is 12.9. The first kappa shape index (κ1) is 20.2. The average molecular weight is 418 g/mol. The SMILES string of the molecule is COc1ccc(-n2nc3cc(C)c(NC(=O)c4ccc(OC)cc4OC)cc3n2)cc1. The molecule has 0 bridgehead atoms. The number of fused-ring (bicyclic) bond motifs is 1. The Morgan fingerprint density at radius 2 is 1.48 bits per heavy atom. The Kier molecular flexibility index (Phi) is 5.44. The Morgan fingerprint density at radius 3 is 2.13 bits per heavy atom. The van der Waals surface area contributed by atoms with Crippen LogP contribution >= 0.6 is 0 Å². The van der Waals surface area contributed by atoms with Crippen LogP contribution in [-0.2, 0) is 0 Å². The molecule has 0 unspecified atom stereocenters. The first-order chi connectivity index (χ1) is 15.0. The van der Waals surface area contributed by atoms with Crippen molar-refractivity contribution >= 4 is 22.6 Å². The lowest BCUT2D eigenvalue weighted by Crippen LogP contribution is -2.14. The smallest absolute Gasteiger partial charge is 0.259 e. The van der Waals surface area contributed by atoms with E-state index in [1.54, 1.807) is 37.2 Å². The van der Waals surface area contributed by atoms with Crippen LogP contribution in [0, 0.1) is 6.92 Å². The molecule has 0 spiro atoms. The van der Waals surface area contributed by atoms with Gasteiger partial charge in [-0.25, -0.2) is 0 Å². The summed E-state index contributed by atoms with van der Waals surface area (Å²) in [7, 11) is 4.70. The number of nitrogens with zero attached hydrogens (tertiary/aromatic N) is 3. The van der Waals surface area contributed by atoms with E-state index in [4.69, 9.17) is 14.2 Å². The number of anilines is 1. The molecular formula is C23H22N4O4. The van der Waals surface area contributed by atoms with E-state index >= 15 is 0 Å². The quantitative estimate of drug-likeness (QED) is 0.509. The molecule has 1 aromatic heterocycles. The zero-order valence-corrected chi connectivity index (χ0v) is 17.7. The molecule has 158 valence electrons. The molecule has 0 aliphatic carbocycles. The minimum absolute atomic E-state index is 0.288. The number of rotatable bonds is 6. The summed E-state index contributed by atoms with van der Waals surface area (Å²) in [6.45, 7) is 1.91. The van der Waals surface area contributed by atoms with E-state index in [9.17, 15) is 4.79 Å². The van der Waals surface area contributed by atoms with Crippen molar-refractivity contribution < 1.29 is 19.0 Å². The number of carbonyl (C=O) groups excluding carboxylic acids is 1. The van der Waals surface area contributed by atoms with Crippen molar-refractivity contribution in [1.82, 2.24) is 15.0 Å². The van der Waals surface area contributed by atoms with Crippen LogP contribution in [0.15, 0.2) is 54.6 Å². The van der Waals surface area contributed by atoms with E-state index in [1.165, 1.54) is 7.11 Å². The molecule has 1 amide bonds. The van der Waals surface area contributed by atoms with E-state index < -0.39 is 0 Å². The lowest BCUT2D eigenvalue weighted by molar-refractivity contribution is 0.102. The molecule has 4 aromatic rings. The number of nitrogens with one attached hydrogen (secondary N) is 1. The summed E-state index contributed by atoms with van der Waals surface area (Å²) in [5.74, 6) is 1.52. The van der Waals surface area contributed by atoms with Gasteiger partial charge in [0.2, 0.25) is 0 Å². The van der Waals surface area contributed by atoms with Crippen molar-refractivity contribution in [1.29, 1.82) is 0 Å². The molecular weight excluding hydrogens is 396 g/mol. The van der Waals surface area contributed by atoms with Gasteiger partial charge in [0, 0.05) is 11.8 Å². The largest absolute Gasteiger partial charge is 0.497 e. The van der Waals surface area contributed by atoms with Crippen molar-refractivity contribution in [3.8, 4) is 22.9 Å². The molecule has 0 aliphatic heterocycles. The minimum atomic E-state index is -0.288. The highest BCUT2D eigenvalue weighted by Crippen LogP contribution is 2.27. The van der Waals surface area contributed by atoms with E-state index in [0.717, 1.165) is 22.5 Å². The molecule has 1 N–H and O–H groups in total. The fourth-order valence-corrected chi connectivity index (χ4v) is 3.21. The Labute approximate surface area is 179 Å². The van der Waals surface area contributed by atoms with Crippen LogP contribution in [-0.4, -0.2) is 42.2 Å². The standard InChI is InChI=1S/C23H22N4O4/c1-14-11-20-21(26-27(25-20)15-5-7-16(29-2)8-6-15)13-19(14)24-23(28)18-10-9-17(30-3)12-22(18)31-4/h5-13H,1-4H3,(H,24,28). The molecule has 0 radical (unpaired) electrons.